The Kier molecular flexibility index (Phi) is 6.62. The van der Waals surface area contributed by atoms with Gasteiger partial charge in [-0.3, -0.25) is 4.79 Å². The normalized spacial score (nSPS) is 10.8. The Bertz CT molecular complexity index is 1500. The maximum absolute atomic E-state index is 13.3. The van der Waals surface area contributed by atoms with Crippen LogP contribution in [-0.2, 0) is 6.54 Å². The lowest BCUT2D eigenvalue weighted by atomic mass is 10.0. The summed E-state index contributed by atoms with van der Waals surface area (Å²) in [5.74, 6) is 1.53. The fourth-order valence-corrected chi connectivity index (χ4v) is 4.38. The van der Waals surface area contributed by atoms with Crippen LogP contribution in [0.1, 0.15) is 44.5 Å². The number of rotatable bonds is 5. The number of aromatic nitrogens is 1. The molecule has 0 aliphatic rings. The molecule has 0 radical (unpaired) electrons. The molecule has 0 aliphatic carbocycles. The Hall–Kier alpha value is -4.10. The van der Waals surface area contributed by atoms with Gasteiger partial charge in [0.15, 0.2) is 0 Å². The van der Waals surface area contributed by atoms with Crippen LogP contribution >= 0.6 is 0 Å². The monoisotopic (exact) mass is 462 g/mol. The van der Waals surface area contributed by atoms with Gasteiger partial charge in [0.05, 0.1) is 12.2 Å². The molecule has 1 aromatic heterocycles. The molecule has 4 rings (SSSR count). The van der Waals surface area contributed by atoms with Crippen LogP contribution in [0.4, 0.5) is 0 Å². The highest BCUT2D eigenvalue weighted by molar-refractivity contribution is 5.63. The van der Waals surface area contributed by atoms with Crippen molar-refractivity contribution in [3.63, 3.8) is 0 Å². The first-order valence-electron chi connectivity index (χ1n) is 11.7. The van der Waals surface area contributed by atoms with E-state index in [9.17, 15) is 10.1 Å². The molecule has 35 heavy (non-hydrogen) atoms. The van der Waals surface area contributed by atoms with Crippen molar-refractivity contribution in [3.05, 3.63) is 116 Å². The molecule has 4 nitrogen and oxygen atoms in total. The van der Waals surface area contributed by atoms with E-state index < -0.39 is 0 Å². The van der Waals surface area contributed by atoms with Crippen molar-refractivity contribution in [2.45, 2.75) is 48.1 Å². The highest BCUT2D eigenvalue weighted by Crippen LogP contribution is 2.29. The zero-order chi connectivity index (χ0) is 25.3. The number of pyridine rings is 1. The number of ether oxygens (including phenoxy) is 1. The zero-order valence-corrected chi connectivity index (χ0v) is 21.2. The predicted molar refractivity (Wildman–Crippen MR) is 141 cm³/mol. The molecule has 4 aromatic rings. The van der Waals surface area contributed by atoms with Crippen LogP contribution in [0.15, 0.2) is 65.5 Å². The van der Waals surface area contributed by atoms with Crippen LogP contribution in [0, 0.1) is 52.9 Å². The van der Waals surface area contributed by atoms with Gasteiger partial charge < -0.3 is 9.30 Å². The van der Waals surface area contributed by atoms with Crippen molar-refractivity contribution >= 4 is 0 Å². The van der Waals surface area contributed by atoms with Crippen LogP contribution < -0.4 is 10.3 Å². The first-order valence-corrected chi connectivity index (χ1v) is 11.7. The summed E-state index contributed by atoms with van der Waals surface area (Å²) in [5.41, 5.74) is 9.27. The Balaban J connectivity index is 1.73. The lowest BCUT2D eigenvalue weighted by Gasteiger charge is -2.17. The van der Waals surface area contributed by atoms with E-state index in [4.69, 9.17) is 4.74 Å². The second kappa shape index (κ2) is 9.64. The fourth-order valence-electron chi connectivity index (χ4n) is 4.38. The number of nitrogens with zero attached hydrogens (tertiary/aromatic N) is 2. The van der Waals surface area contributed by atoms with E-state index in [1.165, 1.54) is 22.3 Å². The summed E-state index contributed by atoms with van der Waals surface area (Å²) in [6.07, 6.45) is 0. The Morgan fingerprint density at radius 3 is 2.03 bits per heavy atom. The SMILES string of the molecule is Cc1ccc(Cn2c(-c3ccc(Oc4cc(C)c(C)c(C)c4)cc3)cc(C)c(C#N)c2=O)c(C)c1. The van der Waals surface area contributed by atoms with Gasteiger partial charge in [-0.15, -0.1) is 0 Å². The van der Waals surface area contributed by atoms with Gasteiger partial charge in [-0.05, 0) is 123 Å². The molecule has 0 saturated carbocycles. The van der Waals surface area contributed by atoms with Crippen LogP contribution in [-0.4, -0.2) is 4.57 Å². The summed E-state index contributed by atoms with van der Waals surface area (Å²) in [7, 11) is 0. The molecule has 0 amide bonds. The largest absolute Gasteiger partial charge is 0.457 e. The minimum Gasteiger partial charge on any atom is -0.457 e. The highest BCUT2D eigenvalue weighted by atomic mass is 16.5. The lowest BCUT2D eigenvalue weighted by molar-refractivity contribution is 0.481. The zero-order valence-electron chi connectivity index (χ0n) is 21.2. The summed E-state index contributed by atoms with van der Waals surface area (Å²) >= 11 is 0. The van der Waals surface area contributed by atoms with Crippen LogP contribution in [0.25, 0.3) is 11.3 Å². The van der Waals surface area contributed by atoms with Gasteiger partial charge in [-0.2, -0.15) is 5.26 Å². The molecular weight excluding hydrogens is 432 g/mol. The molecule has 0 fully saturated rings. The predicted octanol–water partition coefficient (Wildman–Crippen LogP) is 7.08. The van der Waals surface area contributed by atoms with E-state index in [0.717, 1.165) is 33.9 Å². The van der Waals surface area contributed by atoms with Gasteiger partial charge in [0.1, 0.15) is 23.1 Å². The van der Waals surface area contributed by atoms with Crippen molar-refractivity contribution < 1.29 is 4.74 Å². The second-order valence-electron chi connectivity index (χ2n) is 9.33. The number of hydrogen-bond acceptors (Lipinski definition) is 3. The molecule has 0 spiro atoms. The average molecular weight is 463 g/mol. The highest BCUT2D eigenvalue weighted by Gasteiger charge is 2.15. The van der Waals surface area contributed by atoms with Gasteiger partial charge in [0.2, 0.25) is 0 Å². The topological polar surface area (TPSA) is 55.0 Å². The maximum Gasteiger partial charge on any atom is 0.269 e. The molecule has 0 N–H and O–H groups in total. The molecule has 3 aromatic carbocycles. The van der Waals surface area contributed by atoms with Gasteiger partial charge in [0.25, 0.3) is 5.56 Å². The van der Waals surface area contributed by atoms with E-state index in [1.54, 1.807) is 4.57 Å². The van der Waals surface area contributed by atoms with Gasteiger partial charge >= 0.3 is 0 Å². The Morgan fingerprint density at radius 1 is 0.771 bits per heavy atom. The number of nitriles is 1. The molecule has 0 unspecified atom stereocenters. The third-order valence-electron chi connectivity index (χ3n) is 6.72. The molecule has 0 atom stereocenters. The lowest BCUT2D eigenvalue weighted by Crippen LogP contribution is -2.26. The maximum atomic E-state index is 13.3. The minimum atomic E-state index is -0.270. The fraction of sp³-hybridized carbons (Fsp3) is 0.226. The number of benzene rings is 3. The quantitative estimate of drug-likeness (QED) is 0.318. The standard InChI is InChI=1S/C31H30N2O2/c1-19-7-8-26(22(4)13-19)18-33-30(16-23(5)29(17-32)31(33)34)25-9-11-27(12-10-25)35-28-14-20(2)24(6)21(3)15-28/h7-16H,18H2,1-6H3. The molecular formula is C31H30N2O2. The molecule has 1 heterocycles. The molecule has 4 heteroatoms. The van der Waals surface area contributed by atoms with Crippen LogP contribution in [0.5, 0.6) is 11.5 Å². The minimum absolute atomic E-state index is 0.184. The van der Waals surface area contributed by atoms with Crippen molar-refractivity contribution in [1.29, 1.82) is 5.26 Å². The van der Waals surface area contributed by atoms with E-state index in [2.05, 4.69) is 45.9 Å². The van der Waals surface area contributed by atoms with Gasteiger partial charge in [-0.25, -0.2) is 0 Å². The van der Waals surface area contributed by atoms with E-state index in [1.807, 2.05) is 62.4 Å². The Morgan fingerprint density at radius 2 is 1.43 bits per heavy atom. The van der Waals surface area contributed by atoms with Crippen molar-refractivity contribution in [3.8, 4) is 28.8 Å². The van der Waals surface area contributed by atoms with E-state index in [0.29, 0.717) is 12.1 Å². The molecule has 176 valence electrons. The summed E-state index contributed by atoms with van der Waals surface area (Å²) in [6, 6.07) is 22.1. The smallest absolute Gasteiger partial charge is 0.269 e. The first-order chi connectivity index (χ1) is 16.7. The Labute approximate surface area is 207 Å². The van der Waals surface area contributed by atoms with Crippen LogP contribution in [0.3, 0.4) is 0 Å². The summed E-state index contributed by atoms with van der Waals surface area (Å²) in [5, 5.41) is 9.59. The summed E-state index contributed by atoms with van der Waals surface area (Å²) in [4.78, 5) is 13.3. The third-order valence-corrected chi connectivity index (χ3v) is 6.72. The first kappa shape index (κ1) is 24.0. The molecule has 0 bridgehead atoms. The van der Waals surface area contributed by atoms with Crippen molar-refractivity contribution in [1.82, 2.24) is 4.57 Å². The van der Waals surface area contributed by atoms with Crippen LogP contribution in [0.2, 0.25) is 0 Å². The third kappa shape index (κ3) is 4.90. The van der Waals surface area contributed by atoms with Crippen molar-refractivity contribution in [2.24, 2.45) is 0 Å². The second-order valence-corrected chi connectivity index (χ2v) is 9.33. The summed E-state index contributed by atoms with van der Waals surface area (Å²) in [6.45, 7) is 12.6. The van der Waals surface area contributed by atoms with Gasteiger partial charge in [-0.1, -0.05) is 23.8 Å². The van der Waals surface area contributed by atoms with Crippen molar-refractivity contribution in [2.75, 3.05) is 0 Å². The molecule has 0 saturated heterocycles. The number of hydrogen-bond donors (Lipinski definition) is 0. The van der Waals surface area contributed by atoms with E-state index >= 15 is 0 Å². The summed E-state index contributed by atoms with van der Waals surface area (Å²) < 4.78 is 7.81. The number of aryl methyl sites for hydroxylation is 5. The van der Waals surface area contributed by atoms with Gasteiger partial charge in [0, 0.05) is 0 Å². The average Bonchev–Trinajstić information content (AvgIpc) is 2.81. The molecule has 0 aliphatic heterocycles. The van der Waals surface area contributed by atoms with E-state index in [-0.39, 0.29) is 11.1 Å².